The number of hydrogen-bond donors (Lipinski definition) is 1. The number of carbonyl (C=O) groups is 1. The summed E-state index contributed by atoms with van der Waals surface area (Å²) in [5.41, 5.74) is 3.05. The number of ether oxygens (including phenoxy) is 1. The Labute approximate surface area is 186 Å². The molecule has 1 saturated carbocycles. The van der Waals surface area contributed by atoms with E-state index in [1.54, 1.807) is 11.8 Å². The van der Waals surface area contributed by atoms with Gasteiger partial charge in [0.25, 0.3) is 5.56 Å². The number of piperidine rings is 1. The molecule has 3 aromatic rings. The zero-order chi connectivity index (χ0) is 22.2. The molecule has 3 heterocycles. The lowest BCUT2D eigenvalue weighted by Crippen LogP contribution is -2.33. The molecule has 1 saturated heterocycles. The van der Waals surface area contributed by atoms with Crippen molar-refractivity contribution in [2.24, 2.45) is 7.05 Å². The maximum atomic E-state index is 13.2. The number of nitrogens with one attached hydrogen (secondary N) is 1. The van der Waals surface area contributed by atoms with E-state index in [4.69, 9.17) is 14.8 Å². The molecule has 0 radical (unpaired) electrons. The Balaban J connectivity index is 1.54. The number of aryl methyl sites for hydroxylation is 1. The first-order valence-electron chi connectivity index (χ1n) is 11.5. The lowest BCUT2D eigenvalue weighted by Gasteiger charge is -2.28. The number of aromatic nitrogens is 4. The van der Waals surface area contributed by atoms with Crippen LogP contribution in [0.25, 0.3) is 22.4 Å². The van der Waals surface area contributed by atoms with Crippen LogP contribution in [-0.2, 0) is 11.8 Å². The second kappa shape index (κ2) is 8.41. The highest BCUT2D eigenvalue weighted by molar-refractivity contribution is 5.82. The van der Waals surface area contributed by atoms with Gasteiger partial charge in [-0.1, -0.05) is 19.3 Å². The number of fused-ring (bicyclic) bond motifs is 1. The highest BCUT2D eigenvalue weighted by atomic mass is 16.5. The number of carbonyl (C=O) groups excluding carboxylic acids is 1. The smallest absolute Gasteiger partial charge is 0.262 e. The lowest BCUT2D eigenvalue weighted by molar-refractivity contribution is -0.119. The van der Waals surface area contributed by atoms with Crippen LogP contribution in [0, 0.1) is 0 Å². The molecule has 1 aliphatic carbocycles. The average molecular weight is 436 g/mol. The molecule has 2 fully saturated rings. The molecule has 1 N–H and O–H groups in total. The van der Waals surface area contributed by atoms with E-state index in [0.717, 1.165) is 29.8 Å². The maximum absolute atomic E-state index is 13.2. The van der Waals surface area contributed by atoms with Crippen LogP contribution >= 0.6 is 0 Å². The Hall–Kier alpha value is -3.16. The van der Waals surface area contributed by atoms with Crippen LogP contribution in [0.15, 0.2) is 23.0 Å². The Morgan fingerprint density at radius 3 is 2.56 bits per heavy atom. The molecule has 0 amide bonds. The fourth-order valence-corrected chi connectivity index (χ4v) is 5.06. The van der Waals surface area contributed by atoms with E-state index in [1.807, 2.05) is 25.2 Å². The summed E-state index contributed by atoms with van der Waals surface area (Å²) < 4.78 is 7.38. The number of H-pyrrole nitrogens is 1. The first-order chi connectivity index (χ1) is 15.5. The van der Waals surface area contributed by atoms with Crippen LogP contribution in [0.1, 0.15) is 56.6 Å². The summed E-state index contributed by atoms with van der Waals surface area (Å²) in [6.45, 7) is 1.42. The summed E-state index contributed by atoms with van der Waals surface area (Å²) in [4.78, 5) is 34.7. The molecule has 2 aromatic heterocycles. The molecule has 0 unspecified atom stereocenters. The van der Waals surface area contributed by atoms with Crippen LogP contribution in [-0.4, -0.2) is 45.7 Å². The summed E-state index contributed by atoms with van der Waals surface area (Å²) in [6, 6.07) is 5.87. The van der Waals surface area contributed by atoms with E-state index in [2.05, 4.69) is 9.88 Å². The zero-order valence-corrected chi connectivity index (χ0v) is 18.7. The van der Waals surface area contributed by atoms with Gasteiger partial charge in [0.1, 0.15) is 22.7 Å². The summed E-state index contributed by atoms with van der Waals surface area (Å²) in [5, 5.41) is 5.31. The van der Waals surface area contributed by atoms with E-state index in [-0.39, 0.29) is 5.56 Å². The van der Waals surface area contributed by atoms with E-state index in [1.165, 1.54) is 19.3 Å². The first kappa shape index (κ1) is 20.7. The van der Waals surface area contributed by atoms with Gasteiger partial charge in [0.15, 0.2) is 5.65 Å². The van der Waals surface area contributed by atoms with Crippen LogP contribution < -0.4 is 15.2 Å². The van der Waals surface area contributed by atoms with Crippen molar-refractivity contribution in [3.8, 4) is 17.1 Å². The van der Waals surface area contributed by atoms with Crippen molar-refractivity contribution >= 4 is 22.5 Å². The molecule has 0 spiro atoms. The number of hydrogen-bond acceptors (Lipinski definition) is 6. The van der Waals surface area contributed by atoms with E-state index in [0.29, 0.717) is 60.2 Å². The van der Waals surface area contributed by atoms with Gasteiger partial charge in [-0.25, -0.2) is 9.67 Å². The molecule has 2 aliphatic rings. The molecular formula is C24H29N5O3. The second-order valence-corrected chi connectivity index (χ2v) is 8.87. The Morgan fingerprint density at radius 2 is 1.84 bits per heavy atom. The number of Topliss-reactive ketones (excluding diaryl/α,β-unsaturated/α-hetero) is 1. The predicted octanol–water partition coefficient (Wildman–Crippen LogP) is 3.55. The first-order valence-corrected chi connectivity index (χ1v) is 11.5. The fraction of sp³-hybridized carbons (Fsp3) is 0.500. The number of methoxy groups -OCH3 is 1. The number of anilines is 1. The van der Waals surface area contributed by atoms with E-state index < -0.39 is 0 Å². The third-order valence-corrected chi connectivity index (χ3v) is 6.84. The van der Waals surface area contributed by atoms with Gasteiger partial charge in [-0.2, -0.15) is 5.10 Å². The molecule has 0 atom stereocenters. The standard InChI is InChI=1S/C24H29N5O3/c1-28-23-20(21(27-28)15-6-4-3-5-7-15)24(31)26-22(25-23)18-9-8-16(14-19(18)32-2)29-12-10-17(30)11-13-29/h8-9,14-15H,3-7,10-13H2,1-2H3,(H,25,26,31). The van der Waals surface area contributed by atoms with Gasteiger partial charge in [-0.3, -0.25) is 9.59 Å². The van der Waals surface area contributed by atoms with Gasteiger partial charge in [-0.05, 0) is 25.0 Å². The van der Waals surface area contributed by atoms with Crippen molar-refractivity contribution in [2.45, 2.75) is 50.9 Å². The Kier molecular flexibility index (Phi) is 5.45. The predicted molar refractivity (Wildman–Crippen MR) is 123 cm³/mol. The van der Waals surface area contributed by atoms with Crippen molar-refractivity contribution in [3.05, 3.63) is 34.2 Å². The molecule has 8 heteroatoms. The SMILES string of the molecule is COc1cc(N2CCC(=O)CC2)ccc1-c1nc2c(c(C3CCCCC3)nn2C)c(=O)[nH]1. The number of nitrogens with zero attached hydrogens (tertiary/aromatic N) is 4. The van der Waals surface area contributed by atoms with Crippen molar-refractivity contribution in [1.29, 1.82) is 0 Å². The molecule has 32 heavy (non-hydrogen) atoms. The highest BCUT2D eigenvalue weighted by Crippen LogP contribution is 2.36. The number of rotatable bonds is 4. The minimum Gasteiger partial charge on any atom is -0.496 e. The molecular weight excluding hydrogens is 406 g/mol. The van der Waals surface area contributed by atoms with Crippen LogP contribution in [0.4, 0.5) is 5.69 Å². The van der Waals surface area contributed by atoms with Gasteiger partial charge >= 0.3 is 0 Å². The van der Waals surface area contributed by atoms with Crippen molar-refractivity contribution in [3.63, 3.8) is 0 Å². The average Bonchev–Trinajstić information content (AvgIpc) is 3.16. The van der Waals surface area contributed by atoms with Crippen molar-refractivity contribution < 1.29 is 9.53 Å². The van der Waals surface area contributed by atoms with Crippen LogP contribution in [0.5, 0.6) is 5.75 Å². The van der Waals surface area contributed by atoms with Gasteiger partial charge in [0.2, 0.25) is 0 Å². The van der Waals surface area contributed by atoms with Gasteiger partial charge < -0.3 is 14.6 Å². The number of benzene rings is 1. The summed E-state index contributed by atoms with van der Waals surface area (Å²) in [6.07, 6.45) is 6.90. The van der Waals surface area contributed by atoms with Crippen molar-refractivity contribution in [1.82, 2.24) is 19.7 Å². The van der Waals surface area contributed by atoms with E-state index >= 15 is 0 Å². The largest absolute Gasteiger partial charge is 0.496 e. The summed E-state index contributed by atoms with van der Waals surface area (Å²) in [7, 11) is 3.47. The van der Waals surface area contributed by atoms with Gasteiger partial charge in [0, 0.05) is 50.7 Å². The van der Waals surface area contributed by atoms with E-state index in [9.17, 15) is 9.59 Å². The quantitative estimate of drug-likeness (QED) is 0.674. The second-order valence-electron chi connectivity index (χ2n) is 8.87. The molecule has 1 aliphatic heterocycles. The van der Waals surface area contributed by atoms with Gasteiger partial charge in [0.05, 0.1) is 18.4 Å². The molecule has 1 aromatic carbocycles. The molecule has 5 rings (SSSR count). The fourth-order valence-electron chi connectivity index (χ4n) is 5.06. The minimum atomic E-state index is -0.153. The highest BCUT2D eigenvalue weighted by Gasteiger charge is 2.25. The zero-order valence-electron chi connectivity index (χ0n) is 18.7. The Morgan fingerprint density at radius 1 is 1.09 bits per heavy atom. The number of aromatic amines is 1. The monoisotopic (exact) mass is 435 g/mol. The Bertz CT molecular complexity index is 1210. The molecule has 168 valence electrons. The maximum Gasteiger partial charge on any atom is 0.262 e. The molecule has 8 nitrogen and oxygen atoms in total. The number of ketones is 1. The summed E-state index contributed by atoms with van der Waals surface area (Å²) >= 11 is 0. The lowest BCUT2D eigenvalue weighted by atomic mass is 9.86. The van der Waals surface area contributed by atoms with Crippen molar-refractivity contribution in [2.75, 3.05) is 25.1 Å². The van der Waals surface area contributed by atoms with Crippen LogP contribution in [0.3, 0.4) is 0 Å². The third-order valence-electron chi connectivity index (χ3n) is 6.84. The minimum absolute atomic E-state index is 0.153. The topological polar surface area (TPSA) is 93.1 Å². The summed E-state index contributed by atoms with van der Waals surface area (Å²) in [5.74, 6) is 1.74. The third kappa shape index (κ3) is 3.67. The normalized spacial score (nSPS) is 17.8. The van der Waals surface area contributed by atoms with Gasteiger partial charge in [-0.15, -0.1) is 0 Å². The molecule has 0 bridgehead atoms. The van der Waals surface area contributed by atoms with Crippen LogP contribution in [0.2, 0.25) is 0 Å².